The van der Waals surface area contributed by atoms with Crippen LogP contribution in [0.5, 0.6) is 0 Å². The van der Waals surface area contributed by atoms with E-state index in [1.807, 2.05) is 6.92 Å². The quantitative estimate of drug-likeness (QED) is 0.674. The molecular formula is C12H21NO5. The van der Waals surface area contributed by atoms with Crippen LogP contribution in [0, 0.1) is 11.8 Å². The molecular weight excluding hydrogens is 238 g/mol. The summed E-state index contributed by atoms with van der Waals surface area (Å²) in [4.78, 5) is 24.6. The number of rotatable bonds is 8. The van der Waals surface area contributed by atoms with Gasteiger partial charge in [0.15, 0.2) is 0 Å². The molecule has 104 valence electrons. The van der Waals surface area contributed by atoms with Crippen molar-refractivity contribution in [2.45, 2.75) is 19.4 Å². The van der Waals surface area contributed by atoms with Crippen molar-refractivity contribution in [1.29, 1.82) is 0 Å². The summed E-state index contributed by atoms with van der Waals surface area (Å²) in [5.74, 6) is -1.89. The van der Waals surface area contributed by atoms with Gasteiger partial charge in [-0.2, -0.15) is 0 Å². The first-order valence-corrected chi connectivity index (χ1v) is 6.04. The Kier molecular flexibility index (Phi) is 5.55. The van der Waals surface area contributed by atoms with Gasteiger partial charge in [-0.15, -0.1) is 0 Å². The Morgan fingerprint density at radius 3 is 2.44 bits per heavy atom. The third kappa shape index (κ3) is 3.68. The molecule has 6 heteroatoms. The molecule has 0 aliphatic heterocycles. The van der Waals surface area contributed by atoms with E-state index in [4.69, 9.17) is 14.6 Å². The molecule has 0 saturated heterocycles. The fourth-order valence-electron chi connectivity index (χ4n) is 2.02. The van der Waals surface area contributed by atoms with Gasteiger partial charge in [-0.1, -0.05) is 0 Å². The van der Waals surface area contributed by atoms with Crippen molar-refractivity contribution in [3.05, 3.63) is 0 Å². The molecule has 1 saturated carbocycles. The smallest absolute Gasteiger partial charge is 0.307 e. The fourth-order valence-corrected chi connectivity index (χ4v) is 2.02. The number of amides is 1. The molecule has 1 rings (SSSR count). The highest BCUT2D eigenvalue weighted by Crippen LogP contribution is 2.40. The van der Waals surface area contributed by atoms with Gasteiger partial charge >= 0.3 is 5.97 Å². The minimum atomic E-state index is -0.889. The van der Waals surface area contributed by atoms with E-state index in [1.54, 1.807) is 19.1 Å². The second-order valence-electron chi connectivity index (χ2n) is 4.62. The van der Waals surface area contributed by atoms with Crippen LogP contribution in [-0.4, -0.2) is 61.9 Å². The number of carboxylic acids is 1. The van der Waals surface area contributed by atoms with Crippen molar-refractivity contribution in [2.75, 3.05) is 34.0 Å². The van der Waals surface area contributed by atoms with Gasteiger partial charge in [-0.3, -0.25) is 9.59 Å². The number of hydrogen-bond donors (Lipinski definition) is 1. The molecule has 0 aromatic rings. The van der Waals surface area contributed by atoms with Gasteiger partial charge in [0, 0.05) is 20.8 Å². The zero-order valence-corrected chi connectivity index (χ0v) is 11.1. The lowest BCUT2D eigenvalue weighted by Crippen LogP contribution is -2.44. The summed E-state index contributed by atoms with van der Waals surface area (Å²) in [5.41, 5.74) is 0. The van der Waals surface area contributed by atoms with Gasteiger partial charge in [0.1, 0.15) is 0 Å². The van der Waals surface area contributed by atoms with E-state index in [-0.39, 0.29) is 17.9 Å². The number of carbonyl (C=O) groups is 2. The van der Waals surface area contributed by atoms with Gasteiger partial charge < -0.3 is 19.5 Å². The van der Waals surface area contributed by atoms with E-state index in [9.17, 15) is 9.59 Å². The molecule has 0 spiro atoms. The van der Waals surface area contributed by atoms with E-state index >= 15 is 0 Å². The molecule has 1 aliphatic rings. The minimum Gasteiger partial charge on any atom is -0.481 e. The lowest BCUT2D eigenvalue weighted by atomic mass is 10.2. The predicted molar refractivity (Wildman–Crippen MR) is 64.2 cm³/mol. The van der Waals surface area contributed by atoms with Crippen molar-refractivity contribution in [2.24, 2.45) is 11.8 Å². The van der Waals surface area contributed by atoms with Crippen molar-refractivity contribution in [3.8, 4) is 0 Å². The van der Waals surface area contributed by atoms with Crippen molar-refractivity contribution in [1.82, 2.24) is 4.90 Å². The first-order valence-electron chi connectivity index (χ1n) is 6.04. The maximum absolute atomic E-state index is 12.2. The van der Waals surface area contributed by atoms with Gasteiger partial charge in [-0.05, 0) is 13.3 Å². The predicted octanol–water partition coefficient (Wildman–Crippen LogP) is 0.217. The van der Waals surface area contributed by atoms with Crippen LogP contribution in [-0.2, 0) is 19.1 Å². The summed E-state index contributed by atoms with van der Waals surface area (Å²) >= 11 is 0. The molecule has 0 bridgehead atoms. The van der Waals surface area contributed by atoms with E-state index in [2.05, 4.69) is 0 Å². The molecule has 0 aromatic heterocycles. The largest absolute Gasteiger partial charge is 0.481 e. The van der Waals surface area contributed by atoms with Gasteiger partial charge in [0.2, 0.25) is 5.91 Å². The van der Waals surface area contributed by atoms with Gasteiger partial charge in [-0.25, -0.2) is 0 Å². The number of carboxylic acid groups (broad SMARTS) is 1. The number of ether oxygens (including phenoxy) is 2. The highest BCUT2D eigenvalue weighted by atomic mass is 16.5. The summed E-state index contributed by atoms with van der Waals surface area (Å²) in [6.45, 7) is 3.21. The number of methoxy groups -OCH3 is 2. The standard InChI is InChI=1S/C12H21NO5/c1-8(7-18-3)13(4-5-17-2)11(14)9-6-10(9)12(15)16/h8-10H,4-7H2,1-3H3,(H,15,16). The maximum atomic E-state index is 12.2. The van der Waals surface area contributed by atoms with Crippen LogP contribution in [0.2, 0.25) is 0 Å². The minimum absolute atomic E-state index is 0.0762. The fraction of sp³-hybridized carbons (Fsp3) is 0.833. The molecule has 3 atom stereocenters. The normalized spacial score (nSPS) is 23.5. The highest BCUT2D eigenvalue weighted by Gasteiger charge is 2.50. The summed E-state index contributed by atoms with van der Waals surface area (Å²) in [5, 5.41) is 8.85. The van der Waals surface area contributed by atoms with E-state index < -0.39 is 11.9 Å². The highest BCUT2D eigenvalue weighted by molar-refractivity contribution is 5.89. The lowest BCUT2D eigenvalue weighted by molar-refractivity contribution is -0.143. The first-order chi connectivity index (χ1) is 8.52. The molecule has 6 nitrogen and oxygen atoms in total. The van der Waals surface area contributed by atoms with Gasteiger partial charge in [0.05, 0.1) is 31.1 Å². The van der Waals surface area contributed by atoms with E-state index in [0.29, 0.717) is 26.2 Å². The first kappa shape index (κ1) is 14.9. The van der Waals surface area contributed by atoms with E-state index in [1.165, 1.54) is 0 Å². The van der Waals surface area contributed by atoms with Gasteiger partial charge in [0.25, 0.3) is 0 Å². The molecule has 1 fully saturated rings. The van der Waals surface area contributed by atoms with Crippen LogP contribution in [0.1, 0.15) is 13.3 Å². The molecule has 1 aliphatic carbocycles. The Labute approximate surface area is 107 Å². The summed E-state index contributed by atoms with van der Waals surface area (Å²) in [6, 6.07) is -0.0762. The molecule has 0 aromatic carbocycles. The van der Waals surface area contributed by atoms with Crippen LogP contribution in [0.3, 0.4) is 0 Å². The number of hydrogen-bond acceptors (Lipinski definition) is 4. The van der Waals surface area contributed by atoms with Crippen molar-refractivity contribution in [3.63, 3.8) is 0 Å². The second-order valence-corrected chi connectivity index (χ2v) is 4.62. The van der Waals surface area contributed by atoms with Crippen LogP contribution >= 0.6 is 0 Å². The molecule has 3 unspecified atom stereocenters. The summed E-state index contributed by atoms with van der Waals surface area (Å²) in [7, 11) is 3.15. The van der Waals surface area contributed by atoms with Crippen LogP contribution in [0.15, 0.2) is 0 Å². The number of carbonyl (C=O) groups excluding carboxylic acids is 1. The van der Waals surface area contributed by atoms with Crippen LogP contribution in [0.4, 0.5) is 0 Å². The van der Waals surface area contributed by atoms with Crippen LogP contribution in [0.25, 0.3) is 0 Å². The molecule has 1 amide bonds. The maximum Gasteiger partial charge on any atom is 0.307 e. The Hall–Kier alpha value is -1.14. The SMILES string of the molecule is COCCN(C(=O)C1CC1C(=O)O)C(C)COC. The average Bonchev–Trinajstić information content (AvgIpc) is 3.09. The monoisotopic (exact) mass is 259 g/mol. The number of nitrogens with zero attached hydrogens (tertiary/aromatic N) is 1. The third-order valence-electron chi connectivity index (χ3n) is 3.18. The van der Waals surface area contributed by atoms with Crippen molar-refractivity contribution >= 4 is 11.9 Å². The second kappa shape index (κ2) is 6.70. The summed E-state index contributed by atoms with van der Waals surface area (Å²) in [6.07, 6.45) is 0.442. The summed E-state index contributed by atoms with van der Waals surface area (Å²) < 4.78 is 10.0. The molecule has 0 radical (unpaired) electrons. The van der Waals surface area contributed by atoms with Crippen molar-refractivity contribution < 1.29 is 24.2 Å². The zero-order valence-electron chi connectivity index (χ0n) is 11.1. The van der Waals surface area contributed by atoms with Crippen LogP contribution < -0.4 is 0 Å². The lowest BCUT2D eigenvalue weighted by Gasteiger charge is -2.28. The zero-order chi connectivity index (χ0) is 13.7. The molecule has 18 heavy (non-hydrogen) atoms. The third-order valence-corrected chi connectivity index (χ3v) is 3.18. The topological polar surface area (TPSA) is 76.1 Å². The Morgan fingerprint density at radius 1 is 1.33 bits per heavy atom. The Bertz CT molecular complexity index is 307. The molecule has 0 heterocycles. The molecule has 1 N–H and O–H groups in total. The Morgan fingerprint density at radius 2 is 2.00 bits per heavy atom. The average molecular weight is 259 g/mol. The Balaban J connectivity index is 2.59. The number of aliphatic carboxylic acids is 1. The van der Waals surface area contributed by atoms with E-state index in [0.717, 1.165) is 0 Å².